The Morgan fingerprint density at radius 3 is 2.50 bits per heavy atom. The molecule has 1 aliphatic heterocycles. The molecule has 1 heterocycles. The van der Waals surface area contributed by atoms with E-state index in [0.29, 0.717) is 24.5 Å². The Bertz CT molecular complexity index is 892. The van der Waals surface area contributed by atoms with Gasteiger partial charge < -0.3 is 19.7 Å². The Morgan fingerprint density at radius 1 is 1.07 bits per heavy atom. The van der Waals surface area contributed by atoms with Crippen molar-refractivity contribution in [2.45, 2.75) is 25.7 Å². The van der Waals surface area contributed by atoms with Crippen molar-refractivity contribution in [3.63, 3.8) is 0 Å². The minimum atomic E-state index is -0.615. The first-order valence-corrected chi connectivity index (χ1v) is 9.27. The van der Waals surface area contributed by atoms with Gasteiger partial charge in [0.1, 0.15) is 6.54 Å². The molecule has 148 valence electrons. The molecule has 2 amide bonds. The highest BCUT2D eigenvalue weighted by atomic mass is 16.5. The maximum absolute atomic E-state index is 12.8. The van der Waals surface area contributed by atoms with E-state index in [1.807, 2.05) is 56.3 Å². The first-order chi connectivity index (χ1) is 13.4. The van der Waals surface area contributed by atoms with Crippen LogP contribution in [0.4, 0.5) is 5.69 Å². The lowest BCUT2D eigenvalue weighted by Crippen LogP contribution is -2.43. The first kappa shape index (κ1) is 19.7. The molecule has 0 aliphatic carbocycles. The number of amides is 2. The van der Waals surface area contributed by atoms with Crippen molar-refractivity contribution < 1.29 is 19.1 Å². The molecule has 2 aromatic carbocycles. The maximum Gasteiger partial charge on any atom is 0.240 e. The fourth-order valence-electron chi connectivity index (χ4n) is 3.54. The zero-order chi connectivity index (χ0) is 20.3. The second kappa shape index (κ2) is 7.92. The van der Waals surface area contributed by atoms with Crippen molar-refractivity contribution in [1.29, 1.82) is 0 Å². The van der Waals surface area contributed by atoms with E-state index >= 15 is 0 Å². The zero-order valence-corrected chi connectivity index (χ0v) is 16.7. The summed E-state index contributed by atoms with van der Waals surface area (Å²) in [6, 6.07) is 13.3. The molecular weight excluding hydrogens is 356 g/mol. The predicted octanol–water partition coefficient (Wildman–Crippen LogP) is 2.69. The van der Waals surface area contributed by atoms with Gasteiger partial charge in [-0.2, -0.15) is 0 Å². The molecule has 0 fully saturated rings. The number of nitrogens with zero attached hydrogens (tertiary/aromatic N) is 1. The van der Waals surface area contributed by atoms with Crippen LogP contribution in [0.1, 0.15) is 25.0 Å². The molecule has 28 heavy (non-hydrogen) atoms. The first-order valence-electron chi connectivity index (χ1n) is 9.27. The van der Waals surface area contributed by atoms with E-state index in [9.17, 15) is 9.59 Å². The number of nitrogens with one attached hydrogen (secondary N) is 1. The quantitative estimate of drug-likeness (QED) is 0.800. The average molecular weight is 382 g/mol. The van der Waals surface area contributed by atoms with Crippen LogP contribution < -0.4 is 19.7 Å². The van der Waals surface area contributed by atoms with Crippen molar-refractivity contribution in [2.24, 2.45) is 0 Å². The van der Waals surface area contributed by atoms with Crippen molar-refractivity contribution in [3.05, 3.63) is 53.6 Å². The van der Waals surface area contributed by atoms with E-state index in [1.54, 1.807) is 19.1 Å². The van der Waals surface area contributed by atoms with E-state index in [2.05, 4.69) is 5.32 Å². The third kappa shape index (κ3) is 3.67. The second-order valence-corrected chi connectivity index (χ2v) is 7.32. The van der Waals surface area contributed by atoms with Gasteiger partial charge in [-0.15, -0.1) is 0 Å². The minimum Gasteiger partial charge on any atom is -0.493 e. The van der Waals surface area contributed by atoms with Crippen molar-refractivity contribution in [3.8, 4) is 11.5 Å². The van der Waals surface area contributed by atoms with Gasteiger partial charge in [0.25, 0.3) is 0 Å². The topological polar surface area (TPSA) is 67.9 Å². The van der Waals surface area contributed by atoms with Crippen LogP contribution >= 0.6 is 0 Å². The molecule has 1 aliphatic rings. The van der Waals surface area contributed by atoms with Gasteiger partial charge in [0.2, 0.25) is 11.8 Å². The number of rotatable bonds is 7. The number of hydrogen-bond donors (Lipinski definition) is 1. The number of benzene rings is 2. The van der Waals surface area contributed by atoms with Crippen molar-refractivity contribution in [1.82, 2.24) is 5.32 Å². The summed E-state index contributed by atoms with van der Waals surface area (Å²) < 4.78 is 10.5. The molecule has 0 aromatic heterocycles. The van der Waals surface area contributed by atoms with E-state index in [-0.39, 0.29) is 18.4 Å². The van der Waals surface area contributed by atoms with E-state index in [1.165, 1.54) is 0 Å². The third-order valence-electron chi connectivity index (χ3n) is 5.13. The predicted molar refractivity (Wildman–Crippen MR) is 108 cm³/mol. The van der Waals surface area contributed by atoms with Crippen LogP contribution in [-0.2, 0) is 21.4 Å². The van der Waals surface area contributed by atoms with Gasteiger partial charge in [-0.05, 0) is 49.6 Å². The summed E-state index contributed by atoms with van der Waals surface area (Å²) in [4.78, 5) is 26.8. The number of ether oxygens (including phenoxy) is 2. The summed E-state index contributed by atoms with van der Waals surface area (Å²) in [5.74, 6) is 1.10. The summed E-state index contributed by atoms with van der Waals surface area (Å²) in [5, 5.41) is 2.90. The van der Waals surface area contributed by atoms with Crippen LogP contribution in [0.2, 0.25) is 0 Å². The molecule has 0 unspecified atom stereocenters. The van der Waals surface area contributed by atoms with Gasteiger partial charge >= 0.3 is 0 Å². The molecule has 0 saturated carbocycles. The lowest BCUT2D eigenvalue weighted by atomic mass is 9.86. The molecule has 2 aromatic rings. The molecule has 0 bridgehead atoms. The van der Waals surface area contributed by atoms with Gasteiger partial charge in [0.15, 0.2) is 11.5 Å². The molecule has 1 N–H and O–H groups in total. The van der Waals surface area contributed by atoms with E-state index in [4.69, 9.17) is 9.47 Å². The Hall–Kier alpha value is -3.02. The van der Waals surface area contributed by atoms with E-state index in [0.717, 1.165) is 16.8 Å². The highest BCUT2D eigenvalue weighted by molar-refractivity contribution is 6.10. The normalized spacial score (nSPS) is 14.6. The molecule has 0 saturated heterocycles. The Morgan fingerprint density at radius 2 is 1.79 bits per heavy atom. The largest absolute Gasteiger partial charge is 0.493 e. The fourth-order valence-corrected chi connectivity index (χ4v) is 3.54. The van der Waals surface area contributed by atoms with Crippen molar-refractivity contribution >= 4 is 17.5 Å². The van der Waals surface area contributed by atoms with Crippen molar-refractivity contribution in [2.75, 3.05) is 32.2 Å². The zero-order valence-electron chi connectivity index (χ0n) is 16.7. The molecule has 6 nitrogen and oxygen atoms in total. The summed E-state index contributed by atoms with van der Waals surface area (Å²) in [5.41, 5.74) is 2.18. The Kier molecular flexibility index (Phi) is 5.58. The number of methoxy groups -OCH3 is 2. The van der Waals surface area contributed by atoms with Gasteiger partial charge in [-0.25, -0.2) is 0 Å². The Balaban J connectivity index is 1.59. The average Bonchev–Trinajstić information content (AvgIpc) is 2.89. The summed E-state index contributed by atoms with van der Waals surface area (Å²) >= 11 is 0. The van der Waals surface area contributed by atoms with Crippen LogP contribution in [-0.4, -0.2) is 39.1 Å². The Labute approximate surface area is 165 Å². The number of fused-ring (bicyclic) bond motifs is 1. The van der Waals surface area contributed by atoms with Crippen LogP contribution in [0, 0.1) is 0 Å². The standard InChI is InChI=1S/C22H26N2O4/c1-22(2)16-7-5-6-8-17(16)24(21(22)26)14-20(25)23-12-11-15-9-10-18(27-3)19(13-15)28-4/h5-10,13H,11-12,14H2,1-4H3,(H,23,25). The number of carbonyl (C=O) groups excluding carboxylic acids is 2. The SMILES string of the molecule is COc1ccc(CCNC(=O)CN2C(=O)C(C)(C)c3ccccc32)cc1OC. The molecule has 0 spiro atoms. The third-order valence-corrected chi connectivity index (χ3v) is 5.13. The maximum atomic E-state index is 12.8. The molecule has 0 atom stereocenters. The summed E-state index contributed by atoms with van der Waals surface area (Å²) in [6.07, 6.45) is 0.655. The number of hydrogen-bond acceptors (Lipinski definition) is 4. The smallest absolute Gasteiger partial charge is 0.240 e. The fraction of sp³-hybridized carbons (Fsp3) is 0.364. The number of para-hydroxylation sites is 1. The molecule has 0 radical (unpaired) electrons. The van der Waals surface area contributed by atoms with Gasteiger partial charge in [-0.3, -0.25) is 9.59 Å². The molecule has 6 heteroatoms. The van der Waals surface area contributed by atoms with Crippen LogP contribution in [0.3, 0.4) is 0 Å². The number of carbonyl (C=O) groups is 2. The van der Waals surface area contributed by atoms with Crippen LogP contribution in [0.5, 0.6) is 11.5 Å². The second-order valence-electron chi connectivity index (χ2n) is 7.32. The highest BCUT2D eigenvalue weighted by Gasteiger charge is 2.43. The van der Waals surface area contributed by atoms with Gasteiger partial charge in [0.05, 0.1) is 19.6 Å². The summed E-state index contributed by atoms with van der Waals surface area (Å²) in [6.45, 7) is 4.28. The lowest BCUT2D eigenvalue weighted by Gasteiger charge is -2.20. The number of anilines is 1. The minimum absolute atomic E-state index is 0.0191. The highest BCUT2D eigenvalue weighted by Crippen LogP contribution is 2.40. The monoisotopic (exact) mass is 382 g/mol. The molecular formula is C22H26N2O4. The van der Waals surface area contributed by atoms with Crippen LogP contribution in [0.25, 0.3) is 0 Å². The molecule has 3 rings (SSSR count). The lowest BCUT2D eigenvalue weighted by molar-refractivity contribution is -0.125. The van der Waals surface area contributed by atoms with Crippen LogP contribution in [0.15, 0.2) is 42.5 Å². The van der Waals surface area contributed by atoms with Gasteiger partial charge in [0, 0.05) is 12.2 Å². The van der Waals surface area contributed by atoms with Gasteiger partial charge in [-0.1, -0.05) is 24.3 Å². The summed E-state index contributed by atoms with van der Waals surface area (Å²) in [7, 11) is 3.19. The van der Waals surface area contributed by atoms with E-state index < -0.39 is 5.41 Å².